The Morgan fingerprint density at radius 3 is 2.61 bits per heavy atom. The molecule has 0 spiro atoms. The van der Waals surface area contributed by atoms with Crippen molar-refractivity contribution in [2.45, 2.75) is 20.4 Å². The molecule has 1 aromatic heterocycles. The van der Waals surface area contributed by atoms with E-state index in [9.17, 15) is 9.59 Å². The molecule has 1 heterocycles. The predicted octanol–water partition coefficient (Wildman–Crippen LogP) is 2.72. The molecule has 3 rings (SSSR count). The van der Waals surface area contributed by atoms with E-state index in [-0.39, 0.29) is 17.2 Å². The molecule has 0 atom stereocenters. The number of nitrogens with one attached hydrogen (secondary N) is 1. The molecule has 28 heavy (non-hydrogen) atoms. The van der Waals surface area contributed by atoms with Crippen molar-refractivity contribution in [1.82, 2.24) is 15.1 Å². The fourth-order valence-electron chi connectivity index (χ4n) is 2.82. The Hall–Kier alpha value is -3.41. The van der Waals surface area contributed by atoms with Crippen molar-refractivity contribution in [1.29, 1.82) is 0 Å². The molecule has 144 valence electrons. The predicted molar refractivity (Wildman–Crippen MR) is 108 cm³/mol. The van der Waals surface area contributed by atoms with Gasteiger partial charge in [-0.3, -0.25) is 9.59 Å². The van der Waals surface area contributed by atoms with Gasteiger partial charge in [0.2, 0.25) is 0 Å². The van der Waals surface area contributed by atoms with Crippen LogP contribution in [0.4, 0.5) is 0 Å². The van der Waals surface area contributed by atoms with Gasteiger partial charge in [0.25, 0.3) is 11.5 Å². The van der Waals surface area contributed by atoms with Gasteiger partial charge in [-0.2, -0.15) is 5.10 Å². The lowest BCUT2D eigenvalue weighted by Crippen LogP contribution is -2.32. The van der Waals surface area contributed by atoms with Gasteiger partial charge >= 0.3 is 0 Å². The van der Waals surface area contributed by atoms with E-state index < -0.39 is 0 Å². The Morgan fingerprint density at radius 1 is 1.07 bits per heavy atom. The minimum atomic E-state index is -0.342. The normalized spacial score (nSPS) is 10.5. The van der Waals surface area contributed by atoms with Crippen molar-refractivity contribution in [3.63, 3.8) is 0 Å². The molecule has 0 saturated heterocycles. The lowest BCUT2D eigenvalue weighted by Gasteiger charge is -2.11. The standard InChI is InChI=1S/C22H23N3O3/c1-16-8-10-20(17(2)14-16)28-13-12-23-22(27)19-9-11-21(26)25(24-19)15-18-6-4-3-5-7-18/h3-11,14H,12-13,15H2,1-2H3,(H,23,27). The molecule has 0 bridgehead atoms. The number of amides is 1. The number of benzene rings is 2. The zero-order valence-electron chi connectivity index (χ0n) is 16.0. The van der Waals surface area contributed by atoms with E-state index in [1.807, 2.05) is 62.4 Å². The number of carbonyl (C=O) groups is 1. The molecule has 0 aliphatic carbocycles. The van der Waals surface area contributed by atoms with E-state index >= 15 is 0 Å². The maximum absolute atomic E-state index is 12.3. The summed E-state index contributed by atoms with van der Waals surface area (Å²) in [7, 11) is 0. The number of aromatic nitrogens is 2. The molecule has 1 N–H and O–H groups in total. The molecule has 0 aliphatic heterocycles. The molecule has 0 unspecified atom stereocenters. The lowest BCUT2D eigenvalue weighted by molar-refractivity contribution is 0.0939. The van der Waals surface area contributed by atoms with Gasteiger partial charge in [-0.25, -0.2) is 4.68 Å². The van der Waals surface area contributed by atoms with Crippen molar-refractivity contribution in [2.24, 2.45) is 0 Å². The first-order valence-corrected chi connectivity index (χ1v) is 9.13. The largest absolute Gasteiger partial charge is 0.491 e. The van der Waals surface area contributed by atoms with Gasteiger partial charge in [-0.15, -0.1) is 0 Å². The van der Waals surface area contributed by atoms with Gasteiger partial charge in [0.1, 0.15) is 18.1 Å². The van der Waals surface area contributed by atoms with Crippen molar-refractivity contribution in [3.05, 3.63) is 93.4 Å². The van der Waals surface area contributed by atoms with Gasteiger partial charge < -0.3 is 10.1 Å². The number of nitrogens with zero attached hydrogens (tertiary/aromatic N) is 2. The monoisotopic (exact) mass is 377 g/mol. The van der Waals surface area contributed by atoms with Crippen LogP contribution in [0.25, 0.3) is 0 Å². The molecule has 3 aromatic rings. The summed E-state index contributed by atoms with van der Waals surface area (Å²) in [6.07, 6.45) is 0. The summed E-state index contributed by atoms with van der Waals surface area (Å²) in [5, 5.41) is 6.95. The van der Waals surface area contributed by atoms with Gasteiger partial charge in [-0.05, 0) is 37.1 Å². The smallest absolute Gasteiger partial charge is 0.271 e. The van der Waals surface area contributed by atoms with Crippen LogP contribution in [0.15, 0.2) is 65.5 Å². The van der Waals surface area contributed by atoms with E-state index in [0.29, 0.717) is 19.7 Å². The second-order valence-electron chi connectivity index (χ2n) is 6.57. The van der Waals surface area contributed by atoms with Crippen LogP contribution in [0, 0.1) is 13.8 Å². The van der Waals surface area contributed by atoms with E-state index in [1.165, 1.54) is 22.4 Å². The van der Waals surface area contributed by atoms with Crippen molar-refractivity contribution < 1.29 is 9.53 Å². The van der Waals surface area contributed by atoms with Crippen molar-refractivity contribution >= 4 is 5.91 Å². The Bertz CT molecular complexity index is 1010. The molecule has 6 nitrogen and oxygen atoms in total. The molecule has 6 heteroatoms. The molecule has 0 radical (unpaired) electrons. The maximum atomic E-state index is 12.3. The number of aryl methyl sites for hydroxylation is 2. The molecule has 1 amide bonds. The van der Waals surface area contributed by atoms with Crippen LogP contribution in [0.3, 0.4) is 0 Å². The van der Waals surface area contributed by atoms with Gasteiger partial charge in [-0.1, -0.05) is 48.0 Å². The molecular formula is C22H23N3O3. The van der Waals surface area contributed by atoms with Crippen LogP contribution in [0.5, 0.6) is 5.75 Å². The summed E-state index contributed by atoms with van der Waals surface area (Å²) >= 11 is 0. The average Bonchev–Trinajstić information content (AvgIpc) is 2.69. The molecule has 0 aliphatic rings. The summed E-state index contributed by atoms with van der Waals surface area (Å²) in [5.41, 5.74) is 3.12. The van der Waals surface area contributed by atoms with Gasteiger partial charge in [0, 0.05) is 6.07 Å². The average molecular weight is 377 g/mol. The third-order valence-corrected chi connectivity index (χ3v) is 4.25. The van der Waals surface area contributed by atoms with E-state index in [1.54, 1.807) is 0 Å². The summed E-state index contributed by atoms with van der Waals surface area (Å²) in [4.78, 5) is 24.4. The van der Waals surface area contributed by atoms with Crippen LogP contribution in [0.2, 0.25) is 0 Å². The highest BCUT2D eigenvalue weighted by molar-refractivity contribution is 5.91. The zero-order chi connectivity index (χ0) is 19.9. The number of ether oxygens (including phenoxy) is 1. The van der Waals surface area contributed by atoms with Gasteiger partial charge in [0.05, 0.1) is 13.1 Å². The Balaban J connectivity index is 1.57. The summed E-state index contributed by atoms with van der Waals surface area (Å²) in [6.45, 7) is 5.02. The quantitative estimate of drug-likeness (QED) is 0.643. The van der Waals surface area contributed by atoms with Gasteiger partial charge in [0.15, 0.2) is 0 Å². The van der Waals surface area contributed by atoms with E-state index in [2.05, 4.69) is 10.4 Å². The maximum Gasteiger partial charge on any atom is 0.271 e. The second kappa shape index (κ2) is 8.99. The summed E-state index contributed by atoms with van der Waals surface area (Å²) < 4.78 is 7.00. The minimum absolute atomic E-state index is 0.196. The highest BCUT2D eigenvalue weighted by Gasteiger charge is 2.10. The Morgan fingerprint density at radius 2 is 1.86 bits per heavy atom. The number of hydrogen-bond donors (Lipinski definition) is 1. The SMILES string of the molecule is Cc1ccc(OCCNC(=O)c2ccc(=O)n(Cc3ccccc3)n2)c(C)c1. The molecular weight excluding hydrogens is 354 g/mol. The van der Waals surface area contributed by atoms with Crippen LogP contribution in [-0.4, -0.2) is 28.8 Å². The van der Waals surface area contributed by atoms with E-state index in [4.69, 9.17) is 4.74 Å². The lowest BCUT2D eigenvalue weighted by atomic mass is 10.1. The van der Waals surface area contributed by atoms with Crippen LogP contribution in [-0.2, 0) is 6.54 Å². The second-order valence-corrected chi connectivity index (χ2v) is 6.57. The minimum Gasteiger partial charge on any atom is -0.491 e. The summed E-state index contributed by atoms with van der Waals surface area (Å²) in [6, 6.07) is 18.3. The van der Waals surface area contributed by atoms with Crippen LogP contribution < -0.4 is 15.6 Å². The third kappa shape index (κ3) is 5.07. The van der Waals surface area contributed by atoms with Crippen LogP contribution in [0.1, 0.15) is 27.2 Å². The number of hydrogen-bond acceptors (Lipinski definition) is 4. The van der Waals surface area contributed by atoms with Crippen LogP contribution >= 0.6 is 0 Å². The fourth-order valence-corrected chi connectivity index (χ4v) is 2.82. The number of rotatable bonds is 7. The zero-order valence-corrected chi connectivity index (χ0v) is 16.0. The first kappa shape index (κ1) is 19.4. The molecule has 0 saturated carbocycles. The highest BCUT2D eigenvalue weighted by atomic mass is 16.5. The first-order valence-electron chi connectivity index (χ1n) is 9.13. The highest BCUT2D eigenvalue weighted by Crippen LogP contribution is 2.18. The topological polar surface area (TPSA) is 73.2 Å². The van der Waals surface area contributed by atoms with Crippen molar-refractivity contribution in [3.8, 4) is 5.75 Å². The third-order valence-electron chi connectivity index (χ3n) is 4.25. The first-order chi connectivity index (χ1) is 13.5. The Labute approximate surface area is 163 Å². The van der Waals surface area contributed by atoms with Crippen molar-refractivity contribution in [2.75, 3.05) is 13.2 Å². The Kier molecular flexibility index (Phi) is 6.22. The fraction of sp³-hybridized carbons (Fsp3) is 0.227. The van der Waals surface area contributed by atoms with E-state index in [0.717, 1.165) is 16.9 Å². The molecule has 2 aromatic carbocycles. The molecule has 0 fully saturated rings. The number of carbonyl (C=O) groups excluding carboxylic acids is 1. The summed E-state index contributed by atoms with van der Waals surface area (Å²) in [5.74, 6) is 0.459.